The number of ether oxygens (including phenoxy) is 1. The zero-order chi connectivity index (χ0) is 15.6. The average molecular weight is 287 g/mol. The third kappa shape index (κ3) is 9.73. The number of rotatable bonds is 11. The third-order valence-electron chi connectivity index (χ3n) is 3.66. The quantitative estimate of drug-likeness (QED) is 0.630. The average Bonchev–Trinajstić information content (AvgIpc) is 2.33. The van der Waals surface area contributed by atoms with Crippen molar-refractivity contribution in [3.8, 4) is 0 Å². The van der Waals surface area contributed by atoms with Crippen molar-refractivity contribution in [1.82, 2.24) is 10.2 Å². The molecule has 0 rings (SSSR count). The lowest BCUT2D eigenvalue weighted by Gasteiger charge is -2.34. The predicted octanol–water partition coefficient (Wildman–Crippen LogP) is 3.40. The number of methoxy groups -OCH3 is 1. The molecule has 1 unspecified atom stereocenters. The molecule has 20 heavy (non-hydrogen) atoms. The molecule has 0 spiro atoms. The Hall–Kier alpha value is -0.120. The third-order valence-corrected chi connectivity index (χ3v) is 3.66. The zero-order valence-corrected chi connectivity index (χ0v) is 15.0. The minimum absolute atomic E-state index is 0.319. The topological polar surface area (TPSA) is 24.5 Å². The Morgan fingerprint density at radius 3 is 2.25 bits per heavy atom. The van der Waals surface area contributed by atoms with Crippen LogP contribution < -0.4 is 5.32 Å². The van der Waals surface area contributed by atoms with Gasteiger partial charge in [0.05, 0.1) is 6.61 Å². The fourth-order valence-electron chi connectivity index (χ4n) is 2.50. The Kier molecular flexibility index (Phi) is 10.5. The summed E-state index contributed by atoms with van der Waals surface area (Å²) in [5.41, 5.74) is 0.319. The summed E-state index contributed by atoms with van der Waals surface area (Å²) in [7, 11) is 1.79. The van der Waals surface area contributed by atoms with E-state index in [1.165, 1.54) is 12.8 Å². The molecular formula is C17H38N2O. The van der Waals surface area contributed by atoms with Gasteiger partial charge in [-0.2, -0.15) is 0 Å². The summed E-state index contributed by atoms with van der Waals surface area (Å²) in [5.74, 6) is 0.712. The van der Waals surface area contributed by atoms with Gasteiger partial charge in [0.15, 0.2) is 0 Å². The summed E-state index contributed by atoms with van der Waals surface area (Å²) in [6.45, 7) is 19.1. The molecule has 3 nitrogen and oxygen atoms in total. The lowest BCUT2D eigenvalue weighted by molar-refractivity contribution is 0.130. The van der Waals surface area contributed by atoms with Gasteiger partial charge < -0.3 is 15.0 Å². The van der Waals surface area contributed by atoms with Crippen LogP contribution in [0, 0.1) is 11.3 Å². The Labute approximate surface area is 127 Å². The maximum absolute atomic E-state index is 5.24. The van der Waals surface area contributed by atoms with Crippen LogP contribution in [-0.4, -0.2) is 50.8 Å². The molecule has 0 aromatic rings. The maximum atomic E-state index is 5.24. The van der Waals surface area contributed by atoms with Crippen LogP contribution >= 0.6 is 0 Å². The Bertz CT molecular complexity index is 224. The van der Waals surface area contributed by atoms with E-state index >= 15 is 0 Å². The number of nitrogens with one attached hydrogen (secondary N) is 1. The number of hydrogen-bond acceptors (Lipinski definition) is 3. The van der Waals surface area contributed by atoms with Crippen LogP contribution in [0.25, 0.3) is 0 Å². The second kappa shape index (κ2) is 10.6. The van der Waals surface area contributed by atoms with Gasteiger partial charge in [-0.25, -0.2) is 0 Å². The highest BCUT2D eigenvalue weighted by atomic mass is 16.5. The summed E-state index contributed by atoms with van der Waals surface area (Å²) in [4.78, 5) is 2.54. The lowest BCUT2D eigenvalue weighted by Crippen LogP contribution is -2.44. The highest BCUT2D eigenvalue weighted by Gasteiger charge is 2.24. The van der Waals surface area contributed by atoms with Crippen molar-refractivity contribution in [2.75, 3.05) is 39.9 Å². The molecule has 0 bridgehead atoms. The first-order valence-corrected chi connectivity index (χ1v) is 8.25. The van der Waals surface area contributed by atoms with Gasteiger partial charge in [-0.1, -0.05) is 41.5 Å². The van der Waals surface area contributed by atoms with Crippen molar-refractivity contribution in [3.05, 3.63) is 0 Å². The molecule has 0 aromatic heterocycles. The maximum Gasteiger partial charge on any atom is 0.0589 e. The van der Waals surface area contributed by atoms with E-state index in [0.717, 1.165) is 32.8 Å². The Balaban J connectivity index is 4.36. The van der Waals surface area contributed by atoms with Gasteiger partial charge in [-0.3, -0.25) is 0 Å². The first kappa shape index (κ1) is 19.9. The van der Waals surface area contributed by atoms with Crippen LogP contribution in [0.3, 0.4) is 0 Å². The van der Waals surface area contributed by atoms with Gasteiger partial charge in [-0.05, 0) is 37.3 Å². The van der Waals surface area contributed by atoms with Crippen molar-refractivity contribution < 1.29 is 4.74 Å². The standard InChI is InChI=1S/C17H38N2O/c1-8-10-18-16(17(4,5)6)9-11-19(12-13-20-7)14-15(2)3/h15-16,18H,8-14H2,1-7H3. The van der Waals surface area contributed by atoms with Crippen molar-refractivity contribution in [2.24, 2.45) is 11.3 Å². The zero-order valence-electron chi connectivity index (χ0n) is 15.0. The summed E-state index contributed by atoms with van der Waals surface area (Å²) in [5, 5.41) is 3.72. The van der Waals surface area contributed by atoms with E-state index in [2.05, 4.69) is 51.8 Å². The molecule has 1 N–H and O–H groups in total. The molecule has 0 aromatic carbocycles. The highest BCUT2D eigenvalue weighted by Crippen LogP contribution is 2.22. The van der Waals surface area contributed by atoms with Gasteiger partial charge in [0.2, 0.25) is 0 Å². The van der Waals surface area contributed by atoms with E-state index in [9.17, 15) is 0 Å². The molecule has 3 heteroatoms. The molecule has 1 atom stereocenters. The molecule has 0 saturated heterocycles. The number of nitrogens with zero attached hydrogens (tertiary/aromatic N) is 1. The van der Waals surface area contributed by atoms with Crippen LogP contribution in [0.1, 0.15) is 54.4 Å². The molecule has 0 fully saturated rings. The molecule has 0 aliphatic carbocycles. The van der Waals surface area contributed by atoms with Crippen LogP contribution in [0.5, 0.6) is 0 Å². The Morgan fingerprint density at radius 2 is 1.80 bits per heavy atom. The summed E-state index contributed by atoms with van der Waals surface area (Å²) in [6, 6.07) is 0.583. The van der Waals surface area contributed by atoms with Gasteiger partial charge in [-0.15, -0.1) is 0 Å². The summed E-state index contributed by atoms with van der Waals surface area (Å²) in [6.07, 6.45) is 2.41. The first-order chi connectivity index (χ1) is 9.31. The molecule has 0 radical (unpaired) electrons. The molecule has 0 saturated carbocycles. The predicted molar refractivity (Wildman–Crippen MR) is 89.3 cm³/mol. The smallest absolute Gasteiger partial charge is 0.0589 e. The summed E-state index contributed by atoms with van der Waals surface area (Å²) < 4.78 is 5.24. The van der Waals surface area contributed by atoms with Crippen LogP contribution in [0.4, 0.5) is 0 Å². The monoisotopic (exact) mass is 286 g/mol. The SMILES string of the molecule is CCCNC(CCN(CCOC)CC(C)C)C(C)(C)C. The van der Waals surface area contributed by atoms with Gasteiger partial charge in [0, 0.05) is 26.2 Å². The second-order valence-corrected chi connectivity index (χ2v) is 7.35. The fraction of sp³-hybridized carbons (Fsp3) is 1.00. The molecule has 0 aliphatic rings. The van der Waals surface area contributed by atoms with E-state index in [-0.39, 0.29) is 0 Å². The van der Waals surface area contributed by atoms with Crippen LogP contribution in [0.15, 0.2) is 0 Å². The largest absolute Gasteiger partial charge is 0.383 e. The van der Waals surface area contributed by atoms with E-state index in [4.69, 9.17) is 4.74 Å². The number of hydrogen-bond donors (Lipinski definition) is 1. The molecule has 0 amide bonds. The first-order valence-electron chi connectivity index (χ1n) is 8.25. The normalized spacial score (nSPS) is 14.2. The molecule has 0 heterocycles. The Morgan fingerprint density at radius 1 is 1.15 bits per heavy atom. The van der Waals surface area contributed by atoms with Crippen molar-refractivity contribution >= 4 is 0 Å². The van der Waals surface area contributed by atoms with E-state index in [1.807, 2.05) is 0 Å². The van der Waals surface area contributed by atoms with Crippen molar-refractivity contribution in [2.45, 2.75) is 60.4 Å². The molecule has 0 aliphatic heterocycles. The van der Waals surface area contributed by atoms with Crippen LogP contribution in [-0.2, 0) is 4.74 Å². The fourth-order valence-corrected chi connectivity index (χ4v) is 2.50. The summed E-state index contributed by atoms with van der Waals surface area (Å²) >= 11 is 0. The van der Waals surface area contributed by atoms with Crippen molar-refractivity contribution in [3.63, 3.8) is 0 Å². The van der Waals surface area contributed by atoms with Crippen molar-refractivity contribution in [1.29, 1.82) is 0 Å². The van der Waals surface area contributed by atoms with E-state index in [1.54, 1.807) is 7.11 Å². The highest BCUT2D eigenvalue weighted by molar-refractivity contribution is 4.81. The van der Waals surface area contributed by atoms with Crippen LogP contribution in [0.2, 0.25) is 0 Å². The molecule has 122 valence electrons. The van der Waals surface area contributed by atoms with Gasteiger partial charge in [0.1, 0.15) is 0 Å². The van der Waals surface area contributed by atoms with E-state index < -0.39 is 0 Å². The minimum atomic E-state index is 0.319. The lowest BCUT2D eigenvalue weighted by atomic mass is 9.84. The van der Waals surface area contributed by atoms with E-state index in [0.29, 0.717) is 17.4 Å². The van der Waals surface area contributed by atoms with Gasteiger partial charge in [0.25, 0.3) is 0 Å². The molecular weight excluding hydrogens is 248 g/mol. The minimum Gasteiger partial charge on any atom is -0.383 e. The van der Waals surface area contributed by atoms with Gasteiger partial charge >= 0.3 is 0 Å². The second-order valence-electron chi connectivity index (χ2n) is 7.35.